The van der Waals surface area contributed by atoms with Gasteiger partial charge in [0.15, 0.2) is 5.60 Å². The summed E-state index contributed by atoms with van der Waals surface area (Å²) in [5.74, 6) is -2.95. The molecule has 0 aliphatic rings. The number of hydrogen-bond donors (Lipinski definition) is 3. The molecule has 1 amide bonds. The highest BCUT2D eigenvalue weighted by Crippen LogP contribution is 2.07. The molecule has 1 atom stereocenters. The lowest BCUT2D eigenvalue weighted by Gasteiger charge is -2.18. The highest BCUT2D eigenvalue weighted by atomic mass is 19.1. The summed E-state index contributed by atoms with van der Waals surface area (Å²) in [7, 11) is 0. The molecule has 0 aliphatic carbocycles. The van der Waals surface area contributed by atoms with E-state index in [4.69, 9.17) is 5.11 Å². The van der Waals surface area contributed by atoms with E-state index in [0.29, 0.717) is 0 Å². The van der Waals surface area contributed by atoms with E-state index >= 15 is 0 Å². The van der Waals surface area contributed by atoms with E-state index in [9.17, 15) is 19.1 Å². The van der Waals surface area contributed by atoms with Crippen molar-refractivity contribution < 1.29 is 24.2 Å². The van der Waals surface area contributed by atoms with Gasteiger partial charge in [-0.3, -0.25) is 4.79 Å². The standard InChI is InChI=1S/C11H12FNO4/c1-11(17,10(15)16)6-13-9(14)7-4-2-3-5-8(7)12/h2-5,17H,6H2,1H3,(H,13,14)(H,15,16). The summed E-state index contributed by atoms with van der Waals surface area (Å²) >= 11 is 0. The predicted octanol–water partition coefficient (Wildman–Crippen LogP) is 0.391. The summed E-state index contributed by atoms with van der Waals surface area (Å²) in [5, 5.41) is 20.1. The molecule has 17 heavy (non-hydrogen) atoms. The lowest BCUT2D eigenvalue weighted by atomic mass is 10.1. The molecule has 6 heteroatoms. The van der Waals surface area contributed by atoms with Gasteiger partial charge in [0.05, 0.1) is 12.1 Å². The molecule has 0 bridgehead atoms. The van der Waals surface area contributed by atoms with Gasteiger partial charge < -0.3 is 15.5 Å². The summed E-state index contributed by atoms with van der Waals surface area (Å²) in [5.41, 5.74) is -2.28. The molecule has 0 saturated carbocycles. The molecule has 0 fully saturated rings. The van der Waals surface area contributed by atoms with Crippen molar-refractivity contribution in [3.05, 3.63) is 35.6 Å². The first kappa shape index (κ1) is 13.1. The third kappa shape index (κ3) is 3.25. The Morgan fingerprint density at radius 3 is 2.53 bits per heavy atom. The van der Waals surface area contributed by atoms with Crippen molar-refractivity contribution in [2.75, 3.05) is 6.54 Å². The van der Waals surface area contributed by atoms with Crippen molar-refractivity contribution in [3.8, 4) is 0 Å². The third-order valence-electron chi connectivity index (χ3n) is 2.17. The molecule has 5 nitrogen and oxygen atoms in total. The number of benzene rings is 1. The zero-order valence-electron chi connectivity index (χ0n) is 9.11. The number of hydrogen-bond acceptors (Lipinski definition) is 3. The monoisotopic (exact) mass is 241 g/mol. The first-order valence-electron chi connectivity index (χ1n) is 4.83. The maximum atomic E-state index is 13.2. The van der Waals surface area contributed by atoms with Crippen LogP contribution in [0.3, 0.4) is 0 Å². The quantitative estimate of drug-likeness (QED) is 0.711. The minimum absolute atomic E-state index is 0.200. The maximum absolute atomic E-state index is 13.2. The third-order valence-corrected chi connectivity index (χ3v) is 2.17. The second-order valence-electron chi connectivity index (χ2n) is 3.74. The van der Waals surface area contributed by atoms with Gasteiger partial charge in [-0.05, 0) is 19.1 Å². The highest BCUT2D eigenvalue weighted by molar-refractivity contribution is 5.94. The van der Waals surface area contributed by atoms with Crippen molar-refractivity contribution in [3.63, 3.8) is 0 Å². The smallest absolute Gasteiger partial charge is 0.337 e. The van der Waals surface area contributed by atoms with E-state index in [1.165, 1.54) is 18.2 Å². The maximum Gasteiger partial charge on any atom is 0.337 e. The second-order valence-corrected chi connectivity index (χ2v) is 3.74. The number of aliphatic carboxylic acids is 1. The number of nitrogens with one attached hydrogen (secondary N) is 1. The Bertz CT molecular complexity index is 445. The van der Waals surface area contributed by atoms with Gasteiger partial charge in [0, 0.05) is 0 Å². The summed E-state index contributed by atoms with van der Waals surface area (Å²) in [4.78, 5) is 22.0. The van der Waals surface area contributed by atoms with Gasteiger partial charge in [0.1, 0.15) is 5.82 Å². The number of amides is 1. The van der Waals surface area contributed by atoms with E-state index in [1.807, 2.05) is 0 Å². The number of carboxylic acid groups (broad SMARTS) is 1. The Hall–Kier alpha value is -1.95. The molecule has 3 N–H and O–H groups in total. The molecule has 1 aromatic carbocycles. The lowest BCUT2D eigenvalue weighted by Crippen LogP contribution is -2.46. The average molecular weight is 241 g/mol. The molecule has 0 spiro atoms. The van der Waals surface area contributed by atoms with Crippen LogP contribution in [0.1, 0.15) is 17.3 Å². The molecule has 1 aromatic rings. The van der Waals surface area contributed by atoms with Gasteiger partial charge in [-0.1, -0.05) is 12.1 Å². The van der Waals surface area contributed by atoms with Crippen LogP contribution in [0, 0.1) is 5.82 Å². The van der Waals surface area contributed by atoms with Crippen LogP contribution in [0.2, 0.25) is 0 Å². The highest BCUT2D eigenvalue weighted by Gasteiger charge is 2.30. The van der Waals surface area contributed by atoms with Crippen LogP contribution >= 0.6 is 0 Å². The Balaban J connectivity index is 2.69. The molecule has 0 radical (unpaired) electrons. The largest absolute Gasteiger partial charge is 0.479 e. The molecule has 92 valence electrons. The van der Waals surface area contributed by atoms with Crippen molar-refractivity contribution >= 4 is 11.9 Å². The molecule has 0 saturated heterocycles. The van der Waals surface area contributed by atoms with Crippen LogP contribution < -0.4 is 5.32 Å². The van der Waals surface area contributed by atoms with Crippen molar-refractivity contribution in [2.45, 2.75) is 12.5 Å². The molecular weight excluding hydrogens is 229 g/mol. The van der Waals surface area contributed by atoms with Gasteiger partial charge in [0.25, 0.3) is 5.91 Å². The molecular formula is C11H12FNO4. The Kier molecular flexibility index (Phi) is 3.80. The normalized spacial score (nSPS) is 13.8. The zero-order chi connectivity index (χ0) is 13.1. The van der Waals surface area contributed by atoms with Gasteiger partial charge >= 0.3 is 5.97 Å². The number of carbonyl (C=O) groups is 2. The topological polar surface area (TPSA) is 86.6 Å². The van der Waals surface area contributed by atoms with Crippen molar-refractivity contribution in [1.29, 1.82) is 0 Å². The van der Waals surface area contributed by atoms with Crippen LogP contribution in [0.25, 0.3) is 0 Å². The number of carboxylic acids is 1. The Morgan fingerprint density at radius 1 is 1.41 bits per heavy atom. The second kappa shape index (κ2) is 4.92. The van der Waals surface area contributed by atoms with Crippen LogP contribution in [-0.4, -0.2) is 34.2 Å². The fraction of sp³-hybridized carbons (Fsp3) is 0.273. The number of aliphatic hydroxyl groups is 1. The Labute approximate surface area is 96.9 Å². The Morgan fingerprint density at radius 2 is 2.00 bits per heavy atom. The van der Waals surface area contributed by atoms with Crippen LogP contribution in [0.5, 0.6) is 0 Å². The molecule has 0 aromatic heterocycles. The minimum atomic E-state index is -2.08. The summed E-state index contributed by atoms with van der Waals surface area (Å²) in [6, 6.07) is 5.29. The number of halogens is 1. The van der Waals surface area contributed by atoms with Gasteiger partial charge in [-0.2, -0.15) is 0 Å². The van der Waals surface area contributed by atoms with Crippen molar-refractivity contribution in [2.24, 2.45) is 0 Å². The van der Waals surface area contributed by atoms with E-state index in [-0.39, 0.29) is 5.56 Å². The van der Waals surface area contributed by atoms with E-state index < -0.39 is 29.8 Å². The fourth-order valence-corrected chi connectivity index (χ4v) is 1.07. The van der Waals surface area contributed by atoms with E-state index in [2.05, 4.69) is 5.32 Å². The van der Waals surface area contributed by atoms with Crippen LogP contribution in [-0.2, 0) is 4.79 Å². The fourth-order valence-electron chi connectivity index (χ4n) is 1.07. The zero-order valence-corrected chi connectivity index (χ0v) is 9.11. The summed E-state index contributed by atoms with van der Waals surface area (Å²) in [6.45, 7) is 0.534. The first-order valence-corrected chi connectivity index (χ1v) is 4.83. The molecule has 0 heterocycles. The summed E-state index contributed by atoms with van der Waals surface area (Å²) in [6.07, 6.45) is 0. The molecule has 0 aliphatic heterocycles. The summed E-state index contributed by atoms with van der Waals surface area (Å²) < 4.78 is 13.2. The molecule has 1 unspecified atom stereocenters. The minimum Gasteiger partial charge on any atom is -0.479 e. The first-order chi connectivity index (χ1) is 7.84. The van der Waals surface area contributed by atoms with Gasteiger partial charge in [-0.25, -0.2) is 9.18 Å². The van der Waals surface area contributed by atoms with Crippen LogP contribution in [0.4, 0.5) is 4.39 Å². The predicted molar refractivity (Wildman–Crippen MR) is 57.0 cm³/mol. The van der Waals surface area contributed by atoms with Crippen LogP contribution in [0.15, 0.2) is 24.3 Å². The average Bonchev–Trinajstić information content (AvgIpc) is 2.26. The van der Waals surface area contributed by atoms with E-state index in [0.717, 1.165) is 13.0 Å². The van der Waals surface area contributed by atoms with Gasteiger partial charge in [-0.15, -0.1) is 0 Å². The number of rotatable bonds is 4. The van der Waals surface area contributed by atoms with E-state index in [1.54, 1.807) is 0 Å². The number of carbonyl (C=O) groups excluding carboxylic acids is 1. The van der Waals surface area contributed by atoms with Crippen molar-refractivity contribution in [1.82, 2.24) is 5.32 Å². The SMILES string of the molecule is CC(O)(CNC(=O)c1ccccc1F)C(=O)O. The molecule has 1 rings (SSSR count). The lowest BCUT2D eigenvalue weighted by molar-refractivity contribution is -0.155. The van der Waals surface area contributed by atoms with Gasteiger partial charge in [0.2, 0.25) is 0 Å².